The summed E-state index contributed by atoms with van der Waals surface area (Å²) in [4.78, 5) is 58.8. The van der Waals surface area contributed by atoms with Crippen molar-refractivity contribution in [3.8, 4) is 0 Å². The molecule has 8 atom stereocenters. The Morgan fingerprint density at radius 3 is 1.15 bits per heavy atom. The van der Waals surface area contributed by atoms with Gasteiger partial charge in [-0.2, -0.15) is 8.42 Å². The van der Waals surface area contributed by atoms with E-state index < -0.39 is 53.8 Å². The average Bonchev–Trinajstić information content (AvgIpc) is 1.46. The van der Waals surface area contributed by atoms with Crippen LogP contribution in [0.3, 0.4) is 0 Å². The third-order valence-corrected chi connectivity index (χ3v) is 46.6. The first kappa shape index (κ1) is 125. The molecule has 5 aliphatic carbocycles. The molecule has 2 fully saturated rings. The second kappa shape index (κ2) is 60.2. The summed E-state index contributed by atoms with van der Waals surface area (Å²) in [7, 11) is -10.1. The van der Waals surface area contributed by atoms with E-state index in [2.05, 4.69) is 185 Å². The van der Waals surface area contributed by atoms with Crippen molar-refractivity contribution in [3.63, 3.8) is 0 Å². The van der Waals surface area contributed by atoms with Crippen molar-refractivity contribution in [2.45, 2.75) is 327 Å². The third-order valence-electron chi connectivity index (χ3n) is 27.3. The van der Waals surface area contributed by atoms with Crippen molar-refractivity contribution in [2.24, 2.45) is 29.6 Å². The molecular weight excluding hydrogens is 1890 g/mol. The molecule has 0 amide bonds. The van der Waals surface area contributed by atoms with Gasteiger partial charge < -0.3 is 47.2 Å². The summed E-state index contributed by atoms with van der Waals surface area (Å²) in [5, 5.41) is 26.7. The zero-order valence-electron chi connectivity index (χ0n) is 84.7. The van der Waals surface area contributed by atoms with Crippen molar-refractivity contribution >= 4 is 107 Å². The quantitative estimate of drug-likeness (QED) is 0.0237. The van der Waals surface area contributed by atoms with Crippen LogP contribution in [0.4, 0.5) is 0 Å². The minimum Gasteiger partial charge on any atom is -0.462 e. The molecule has 5 aromatic heterocycles. The smallest absolute Gasteiger partial charge is 0.338 e. The van der Waals surface area contributed by atoms with Crippen LogP contribution < -0.4 is 0 Å². The molecule has 0 bridgehead atoms. The fraction of sp³-hybridized carbons (Fsp3) is 0.623. The number of rotatable bonds is 18. The predicted octanol–water partition coefficient (Wildman–Crippen LogP) is 26.6. The number of benzene rings is 2. The molecule has 7 heterocycles. The van der Waals surface area contributed by atoms with Crippen molar-refractivity contribution in [1.82, 2.24) is 24.9 Å². The number of esters is 1. The number of ether oxygens (including phenoxy) is 3. The summed E-state index contributed by atoms with van der Waals surface area (Å²) in [6.07, 6.45) is 27.5. The van der Waals surface area contributed by atoms with Crippen LogP contribution in [0.1, 0.15) is 288 Å². The molecule has 0 radical (unpaired) electrons. The van der Waals surface area contributed by atoms with Crippen LogP contribution in [0.5, 0.6) is 0 Å². The highest BCUT2D eigenvalue weighted by Crippen LogP contribution is 2.47. The second-order valence-electron chi connectivity index (χ2n) is 41.6. The van der Waals surface area contributed by atoms with E-state index in [0.717, 1.165) is 144 Å². The number of fused-ring (bicyclic) bond motifs is 5. The van der Waals surface area contributed by atoms with Crippen LogP contribution >= 0.6 is 46.4 Å². The van der Waals surface area contributed by atoms with Crippen LogP contribution in [0.2, 0.25) is 72.5 Å². The Labute approximate surface area is 843 Å². The van der Waals surface area contributed by atoms with Gasteiger partial charge in [0.2, 0.25) is 0 Å². The fourth-order valence-corrected chi connectivity index (χ4v) is 20.6. The van der Waals surface area contributed by atoms with Gasteiger partial charge in [0, 0.05) is 109 Å². The van der Waals surface area contributed by atoms with Gasteiger partial charge in [0.25, 0.3) is 10.1 Å². The minimum atomic E-state index is -3.78. The van der Waals surface area contributed by atoms with E-state index in [1.54, 1.807) is 67.1 Å². The summed E-state index contributed by atoms with van der Waals surface area (Å²) >= 11 is 19.1. The lowest BCUT2D eigenvalue weighted by Gasteiger charge is -2.40. The maximum absolute atomic E-state index is 12.7. The van der Waals surface area contributed by atoms with E-state index in [1.165, 1.54) is 48.9 Å². The Morgan fingerprint density at radius 1 is 0.449 bits per heavy atom. The van der Waals surface area contributed by atoms with Gasteiger partial charge in [-0.25, -0.2) is 4.79 Å². The highest BCUT2D eigenvalue weighted by Gasteiger charge is 2.45. The van der Waals surface area contributed by atoms with Crippen LogP contribution in [0.25, 0.3) is 0 Å². The molecule has 0 spiro atoms. The number of aromatic nitrogens is 5. The van der Waals surface area contributed by atoms with Gasteiger partial charge in [-0.15, -0.1) is 11.6 Å². The molecule has 7 aliphatic rings. The normalized spacial score (nSPS) is 19.9. The van der Waals surface area contributed by atoms with Gasteiger partial charge in [0.05, 0.1) is 59.1 Å². The average molecular weight is 2060 g/mol. The van der Waals surface area contributed by atoms with Gasteiger partial charge in [-0.3, -0.25) is 38.7 Å². The molecule has 0 saturated carbocycles. The van der Waals surface area contributed by atoms with Crippen molar-refractivity contribution < 1.29 is 74.2 Å². The lowest BCUT2D eigenvalue weighted by Crippen LogP contribution is -2.43. The molecule has 21 nitrogen and oxygen atoms in total. The number of hydrogen-bond acceptors (Lipinski definition) is 21. The number of carbonyl (C=O) groups excluding carboxylic acids is 3. The molecule has 3 N–H and O–H groups in total. The van der Waals surface area contributed by atoms with E-state index in [4.69, 9.17) is 86.1 Å². The second-order valence-corrected chi connectivity index (χ2v) is 64.4. The summed E-state index contributed by atoms with van der Waals surface area (Å²) in [5.74, 6) is 1.05. The molecule has 2 aromatic carbocycles. The zero-order valence-corrected chi connectivity index (χ0v) is 92.5. The maximum Gasteiger partial charge on any atom is 0.338 e. The number of carbonyl (C=O) groups is 3. The summed E-state index contributed by atoms with van der Waals surface area (Å²) in [5.41, 5.74) is 11.5. The van der Waals surface area contributed by atoms with Crippen molar-refractivity contribution in [1.29, 1.82) is 0 Å². The Morgan fingerprint density at radius 2 is 0.779 bits per heavy atom. The summed E-state index contributed by atoms with van der Waals surface area (Å²) in [6.45, 7) is 53.8. The Hall–Kier alpha value is -5.42. The van der Waals surface area contributed by atoms with E-state index >= 15 is 0 Å². The van der Waals surface area contributed by atoms with Crippen LogP contribution in [-0.2, 0) is 78.3 Å². The maximum atomic E-state index is 12.7. The summed E-state index contributed by atoms with van der Waals surface area (Å²) < 4.78 is 71.9. The van der Waals surface area contributed by atoms with E-state index in [0.29, 0.717) is 61.1 Å². The fourth-order valence-electron chi connectivity index (χ4n) is 14.9. The molecule has 2 aliphatic heterocycles. The number of halogens is 4. The highest BCUT2D eigenvalue weighted by molar-refractivity contribution is 7.86. The molecule has 30 heteroatoms. The molecule has 7 aromatic rings. The standard InChI is InChI=1S/C24H35NO4SSi.C23H43NO2Si2.C18H17NO3.C17H27NO2Si.C11H15NO2.2C4H8O.CHCl3.CH3Cl.CH4O.2CH4/c1-18-9-13-21(14-10-18)30(26,27)28-17-19-11-12-20-8-7-15-25-23(20)22(16-19)29-31(5,6)24(2,3)4;1-22(2,3)27(7,8)25-17-18-13-14-19-12-11-15-24-21(19)20(16-18)26-28(9,10)23(4,5)6;20-16-11-13(8-9-14-7-4-10-19-17(14)16)12-22-18(21)15-5-2-1-3-6-15;1-17(2,3)21(4,5)20-12-13-8-9-14-7-6-10-18-16(14)15(19)11-13;13-7-8-3-4-9-2-1-5-12-11(9)10(14)6-8;2*1-2-4-5-3-1;2-1(3)4;2*1-2;;/h7-10,13-15,19,22H,11-12,16-17H2,1-6H3;11-12,15,18,20H,13-14,16-17H2,1-10H3;1-7,10,13H,8-9,11-12H2;6-7,10,13H,8-9,11-12H2,1-5H3;1-2,5,8,10,13-14H,3-4,6-7H2;2*1-4H2;1H;1H3;2H,1H3;2*1H4/t19-,22-;18-,20-;2*13-;8-,10+;;;;;;;/m11111......./s1. The van der Waals surface area contributed by atoms with Crippen LogP contribution in [0, 0.1) is 36.5 Å². The van der Waals surface area contributed by atoms with Gasteiger partial charge in [0.1, 0.15) is 11.4 Å². The van der Waals surface area contributed by atoms with Gasteiger partial charge >= 0.3 is 5.97 Å². The van der Waals surface area contributed by atoms with Crippen LogP contribution in [-0.4, -0.2) is 177 Å². The molecular formula is C106H169Cl4N5O16SSi4. The molecule has 0 unspecified atom stereocenters. The number of Topliss-reactive ketones (excluding diaryl/α,β-unsaturated/α-hetero) is 2. The predicted molar refractivity (Wildman–Crippen MR) is 568 cm³/mol. The third kappa shape index (κ3) is 41.9. The topological polar surface area (TPSA) is 284 Å². The number of ketones is 2. The number of alkyl halides is 4. The number of aryl methyl sites for hydroxylation is 6. The van der Waals surface area contributed by atoms with Gasteiger partial charge in [-0.05, 0) is 295 Å². The van der Waals surface area contributed by atoms with E-state index in [9.17, 15) is 27.9 Å². The summed E-state index contributed by atoms with van der Waals surface area (Å²) in [6, 6.07) is 35.7. The monoisotopic (exact) mass is 2050 g/mol. The Balaban J connectivity index is 0.000000421. The number of aliphatic hydroxyl groups is 3. The largest absolute Gasteiger partial charge is 0.462 e. The van der Waals surface area contributed by atoms with E-state index in [-0.39, 0.29) is 107 Å². The Kier molecular flexibility index (Phi) is 55.2. The number of aliphatic hydroxyl groups excluding tert-OH is 3. The first-order chi connectivity index (χ1) is 63.0. The van der Waals surface area contributed by atoms with Crippen molar-refractivity contribution in [2.75, 3.05) is 73.0 Å². The molecule has 14 rings (SSSR count). The number of pyridine rings is 5. The SMILES string of the molecule is C.C.C1CCOC1.C1CCOC1.CC(C)(C)[Si](C)(C)OC[C@@H]1CCc2cccnc2C(=O)C1.CC(C)(C)[Si](C)(C)OC[C@@H]1CCc2cccnc2[C@H](O[Si](C)(C)C(C)(C)C)C1.CCl.CO.Cc1ccc(S(=O)(=O)OC[C@@H]2CCc3cccnc3[C@H](O[Si](C)(C)C(C)(C)C)C2)cc1.ClC(Cl)Cl.O=C(OC[C@@H]1CCc2cccnc2C(=O)C1)c1ccccc1.OC[C@@H]1CCc2cccnc2[C@@H](O)C1. The lowest BCUT2D eigenvalue weighted by atomic mass is 10.00. The minimum absolute atomic E-state index is 0. The van der Waals surface area contributed by atoms with Gasteiger partial charge in [-0.1, -0.05) is 199 Å². The lowest BCUT2D eigenvalue weighted by molar-refractivity contribution is 0.0422. The van der Waals surface area contributed by atoms with E-state index in [1.807, 2.05) is 67.8 Å². The zero-order chi connectivity index (χ0) is 99.9. The Bertz CT molecular complexity index is 4690. The number of nitrogens with zero attached hydrogens (tertiary/aromatic N) is 5. The number of hydrogen-bond donors (Lipinski definition) is 3. The molecule has 764 valence electrons. The van der Waals surface area contributed by atoms with Crippen LogP contribution in [0.15, 0.2) is 151 Å². The highest BCUT2D eigenvalue weighted by atomic mass is 35.6. The first-order valence-electron chi connectivity index (χ1n) is 47.8. The first-order valence-corrected chi connectivity index (χ1v) is 62.9. The molecule has 136 heavy (non-hydrogen) atoms. The van der Waals surface area contributed by atoms with Gasteiger partial charge in [0.15, 0.2) is 49.1 Å². The molecule has 2 saturated heterocycles. The van der Waals surface area contributed by atoms with Crippen molar-refractivity contribution in [3.05, 3.63) is 214 Å².